The number of fused-ring (bicyclic) bond motifs is 9. The molecule has 10 aromatic rings. The summed E-state index contributed by atoms with van der Waals surface area (Å²) in [6.07, 6.45) is 29.5. The second-order valence-corrected chi connectivity index (χ2v) is 21.1. The Labute approximate surface area is 437 Å². The summed E-state index contributed by atoms with van der Waals surface area (Å²) in [4.78, 5) is 39.9. The highest BCUT2D eigenvalue weighted by Gasteiger charge is 2.39. The number of hydrogen-bond donors (Lipinski definition) is 0. The number of nitrogens with zero attached hydrogens (tertiary/aromatic N) is 10. The van der Waals surface area contributed by atoms with Crippen molar-refractivity contribution in [2.75, 3.05) is 9.80 Å². The van der Waals surface area contributed by atoms with Crippen molar-refractivity contribution in [3.8, 4) is 33.4 Å². The minimum Gasteiger partial charge on any atom is -0.276 e. The lowest BCUT2D eigenvalue weighted by Gasteiger charge is -2.26. The van der Waals surface area contributed by atoms with E-state index in [1.165, 1.54) is 89.0 Å². The van der Waals surface area contributed by atoms with Crippen LogP contribution in [0.15, 0.2) is 184 Å². The van der Waals surface area contributed by atoms with Crippen LogP contribution >= 0.6 is 0 Å². The summed E-state index contributed by atoms with van der Waals surface area (Å²) in [6, 6.07) is 40.9. The number of benzene rings is 6. The molecule has 0 N–H and O–H groups in total. The lowest BCUT2D eigenvalue weighted by molar-refractivity contribution is 0.660. The Balaban J connectivity index is 0.731. The average molecular weight is 973 g/mol. The summed E-state index contributed by atoms with van der Waals surface area (Å²) in [5.41, 5.74) is 21.4. The zero-order valence-electron chi connectivity index (χ0n) is 42.6. The maximum Gasteiger partial charge on any atom is 0.157 e. The maximum absolute atomic E-state index is 4.63. The Morgan fingerprint density at radius 3 is 0.773 bits per heavy atom. The van der Waals surface area contributed by atoms with E-state index in [9.17, 15) is 0 Å². The van der Waals surface area contributed by atoms with E-state index in [2.05, 4.69) is 215 Å². The Morgan fingerprint density at radius 2 is 0.533 bits per heavy atom. The molecule has 0 radical (unpaired) electrons. The topological polar surface area (TPSA) is 110 Å². The van der Waals surface area contributed by atoms with E-state index < -0.39 is 0 Å². The van der Waals surface area contributed by atoms with Crippen LogP contribution in [0.4, 0.5) is 34.6 Å². The number of anilines is 6. The molecule has 3 aliphatic rings. The van der Waals surface area contributed by atoms with Crippen LogP contribution in [-0.2, 0) is 16.2 Å². The molecule has 4 aromatic heterocycles. The van der Waals surface area contributed by atoms with Gasteiger partial charge in [0.15, 0.2) is 23.3 Å². The fraction of sp³-hybridized carbons (Fsp3) is 0.138. The minimum absolute atomic E-state index is 0.172. The van der Waals surface area contributed by atoms with Crippen molar-refractivity contribution in [3.63, 3.8) is 0 Å². The van der Waals surface area contributed by atoms with Gasteiger partial charge in [0.25, 0.3) is 0 Å². The second kappa shape index (κ2) is 17.4. The molecule has 362 valence electrons. The van der Waals surface area contributed by atoms with Crippen LogP contribution in [0.25, 0.3) is 57.7 Å². The molecule has 4 heterocycles. The number of hydrogen-bond acceptors (Lipinski definition) is 10. The molecule has 13 rings (SSSR count). The first-order valence-electron chi connectivity index (χ1n) is 25.3. The van der Waals surface area contributed by atoms with Gasteiger partial charge in [-0.25, -0.2) is 19.9 Å². The van der Waals surface area contributed by atoms with E-state index in [1.54, 1.807) is 74.4 Å². The third kappa shape index (κ3) is 7.63. The van der Waals surface area contributed by atoms with Gasteiger partial charge in [0.1, 0.15) is 0 Å². The molecular formula is C65H52N10. The summed E-state index contributed by atoms with van der Waals surface area (Å²) in [6.45, 7) is 14.0. The third-order valence-corrected chi connectivity index (χ3v) is 15.7. The van der Waals surface area contributed by atoms with Crippen molar-refractivity contribution in [2.45, 2.75) is 57.8 Å². The van der Waals surface area contributed by atoms with Crippen LogP contribution in [0, 0.1) is 0 Å². The van der Waals surface area contributed by atoms with Crippen LogP contribution < -0.4 is 9.80 Å². The van der Waals surface area contributed by atoms with Crippen molar-refractivity contribution in [1.82, 2.24) is 39.9 Å². The van der Waals surface area contributed by atoms with Gasteiger partial charge in [-0.15, -0.1) is 0 Å². The Kier molecular flexibility index (Phi) is 10.6. The van der Waals surface area contributed by atoms with Crippen molar-refractivity contribution < 1.29 is 0 Å². The molecule has 0 saturated carbocycles. The quantitative estimate of drug-likeness (QED) is 0.123. The maximum atomic E-state index is 4.63. The molecule has 0 atom stereocenters. The molecule has 0 saturated heterocycles. The smallest absolute Gasteiger partial charge is 0.157 e. The van der Waals surface area contributed by atoms with E-state index in [-0.39, 0.29) is 16.2 Å². The average Bonchev–Trinajstić information content (AvgIpc) is 4.05. The van der Waals surface area contributed by atoms with Crippen LogP contribution in [0.3, 0.4) is 0 Å². The molecule has 0 aliphatic heterocycles. The van der Waals surface area contributed by atoms with Crippen molar-refractivity contribution in [1.29, 1.82) is 0 Å². The molecule has 0 spiro atoms. The molecular weight excluding hydrogens is 921 g/mol. The molecule has 10 heteroatoms. The van der Waals surface area contributed by atoms with Gasteiger partial charge in [0.05, 0.1) is 24.8 Å². The highest BCUT2D eigenvalue weighted by Crippen LogP contribution is 2.53. The summed E-state index contributed by atoms with van der Waals surface area (Å²) < 4.78 is 0. The fourth-order valence-electron chi connectivity index (χ4n) is 11.7. The van der Waals surface area contributed by atoms with Gasteiger partial charge in [-0.1, -0.05) is 151 Å². The Hall–Kier alpha value is -9.28. The van der Waals surface area contributed by atoms with Gasteiger partial charge in [-0.05, 0) is 113 Å². The van der Waals surface area contributed by atoms with Gasteiger partial charge >= 0.3 is 0 Å². The molecule has 0 amide bonds. The molecule has 0 fully saturated rings. The predicted octanol–water partition coefficient (Wildman–Crippen LogP) is 15.0. The second-order valence-electron chi connectivity index (χ2n) is 21.1. The van der Waals surface area contributed by atoms with Crippen molar-refractivity contribution in [3.05, 3.63) is 239 Å². The standard InChI is InChI=1S/C65H52N10/c1-63(2)53-31-41(7-9-43-13-19-49-51-21-15-45(35-57(51)64(3,4)55(49)33-43)74(59-37-66-23-27-70-59)60-38-67-24-28-71-60)11-17-47(53)48-18-12-42(32-54(48)63)8-10-44-14-20-50-52-22-16-46(36-58(52)65(5,6)56(50)34-44)75(61-39-68-25-29-72-61)62-40-69-26-30-73-62/h7-40H,1-6H3/b9-7+,10-8+. The summed E-state index contributed by atoms with van der Waals surface area (Å²) in [5, 5.41) is 0. The van der Waals surface area contributed by atoms with Gasteiger partial charge < -0.3 is 0 Å². The first-order chi connectivity index (χ1) is 36.4. The lowest BCUT2D eigenvalue weighted by atomic mass is 9.81. The van der Waals surface area contributed by atoms with Gasteiger partial charge in [-0.3, -0.25) is 29.7 Å². The van der Waals surface area contributed by atoms with Gasteiger partial charge in [0.2, 0.25) is 0 Å². The lowest BCUT2D eigenvalue weighted by Crippen LogP contribution is -2.17. The van der Waals surface area contributed by atoms with Crippen LogP contribution in [0.2, 0.25) is 0 Å². The van der Waals surface area contributed by atoms with Crippen molar-refractivity contribution in [2.24, 2.45) is 0 Å². The van der Waals surface area contributed by atoms with Crippen LogP contribution in [0.5, 0.6) is 0 Å². The van der Waals surface area contributed by atoms with Crippen LogP contribution in [0.1, 0.15) is 97.2 Å². The highest BCUT2D eigenvalue weighted by atomic mass is 15.3. The first-order valence-corrected chi connectivity index (χ1v) is 25.3. The Bertz CT molecular complexity index is 3590. The molecule has 6 aromatic carbocycles. The monoisotopic (exact) mass is 972 g/mol. The fourth-order valence-corrected chi connectivity index (χ4v) is 11.7. The van der Waals surface area contributed by atoms with Gasteiger partial charge in [-0.2, -0.15) is 0 Å². The zero-order valence-corrected chi connectivity index (χ0v) is 42.6. The molecule has 0 unspecified atom stereocenters. The largest absolute Gasteiger partial charge is 0.276 e. The molecule has 10 nitrogen and oxygen atoms in total. The zero-order chi connectivity index (χ0) is 51.1. The first kappa shape index (κ1) is 45.6. The molecule has 0 bridgehead atoms. The van der Waals surface area contributed by atoms with E-state index in [4.69, 9.17) is 0 Å². The normalized spacial score (nSPS) is 14.7. The predicted molar refractivity (Wildman–Crippen MR) is 302 cm³/mol. The number of rotatable bonds is 10. The summed E-state index contributed by atoms with van der Waals surface area (Å²) >= 11 is 0. The van der Waals surface area contributed by atoms with E-state index in [1.807, 2.05) is 9.80 Å². The third-order valence-electron chi connectivity index (χ3n) is 15.7. The number of aromatic nitrogens is 8. The summed E-state index contributed by atoms with van der Waals surface area (Å²) in [5.74, 6) is 2.72. The van der Waals surface area contributed by atoms with E-state index in [0.717, 1.165) is 11.4 Å². The molecule has 75 heavy (non-hydrogen) atoms. The summed E-state index contributed by atoms with van der Waals surface area (Å²) in [7, 11) is 0. The molecule has 3 aliphatic carbocycles. The van der Waals surface area contributed by atoms with Crippen LogP contribution in [-0.4, -0.2) is 39.9 Å². The highest BCUT2D eigenvalue weighted by molar-refractivity contribution is 5.89. The Morgan fingerprint density at radius 1 is 0.293 bits per heavy atom. The van der Waals surface area contributed by atoms with Crippen molar-refractivity contribution >= 4 is 59.0 Å². The van der Waals surface area contributed by atoms with E-state index >= 15 is 0 Å². The van der Waals surface area contributed by atoms with Gasteiger partial charge in [0, 0.05) is 77.2 Å². The SMILES string of the molecule is CC1(C)c2cc(/C=C/c3ccc4c(c3)C(C)(C)c3cc(N(c5cnccn5)c5cnccn5)ccc3-4)ccc2-c2ccc(/C=C/c3ccc4c(c3)C(C)(C)c3cc(N(c5cnccn5)c5cnccn5)ccc3-4)cc21. The minimum atomic E-state index is -0.239. The van der Waals surface area contributed by atoms with E-state index in [0.29, 0.717) is 23.3 Å².